The predicted molar refractivity (Wildman–Crippen MR) is 492 cm³/mol. The number of hydrogen-bond donors (Lipinski definition) is 25. The first-order valence-corrected chi connectivity index (χ1v) is 46.7. The second-order valence-corrected chi connectivity index (χ2v) is 35.8. The fraction of sp³-hybridized carbons (Fsp3) is 0.659. The van der Waals surface area contributed by atoms with Crippen LogP contribution in [0.1, 0.15) is 170 Å². The zero-order valence-electron chi connectivity index (χ0n) is 78.5. The van der Waals surface area contributed by atoms with Crippen molar-refractivity contribution in [1.82, 2.24) is 94.5 Å². The van der Waals surface area contributed by atoms with Crippen LogP contribution in [0.15, 0.2) is 29.3 Å². The molecule has 0 spiro atoms. The van der Waals surface area contributed by atoms with Crippen LogP contribution in [0.3, 0.4) is 0 Å². The smallest absolute Gasteiger partial charge is 0.326 e. The number of aliphatic hydroxyl groups is 1. The van der Waals surface area contributed by atoms with E-state index in [1.54, 1.807) is 34.0 Å². The largest absolute Gasteiger partial charge is 0.508 e. The summed E-state index contributed by atoms with van der Waals surface area (Å²) >= 11 is 1.26. The highest BCUT2D eigenvalue weighted by Gasteiger charge is 2.45. The van der Waals surface area contributed by atoms with E-state index in [1.807, 2.05) is 0 Å². The topological polar surface area (TPSA) is 815 Å². The fourth-order valence-corrected chi connectivity index (χ4v) is 15.6. The molecular weight excluding hydrogens is 1820 g/mol. The van der Waals surface area contributed by atoms with E-state index < -0.39 is 296 Å². The van der Waals surface area contributed by atoms with Gasteiger partial charge in [0.05, 0.1) is 51.2 Å². The standard InChI is InChI=1S/C85H137N25O26S/c1-42(2)34-53(103-79(130)67(43(3)4)106-80(131)69(46(8)111)105-65(118)41-95-71(122)51(25-26-60(88)113)97-63(116)39-93-62(115)38-96-76(127)57-18-13-32-110(57)83(134)68(44(5)6)107-78(129)59-20-14-30-108(59)81(132)45(7)87)74(125)102-54(37-66(119)120)75(126)99-50(16-10-11-28-86)72(123)100-52(27-33-137-9)73(124)104-55(35-47-21-23-48(112)24-22-47)82(133)109-31-15-19-58(109)77(128)101-49(17-12-29-92-85(90)91)70(121)94-40-64(117)98-56(84(135)136)36-61(89)114/h21-24,42-46,49-59,67-69,111-112H,10-20,25-41,86-87H2,1-9H3,(H2,88,113)(H2,89,114)(H,93,115)(H,94,121)(H,95,122)(H,96,127)(H,97,116)(H,98,117)(H,99,126)(H,100,123)(H,101,128)(H,102,125)(H,103,130)(H,104,124)(H,105,118)(H,106,131)(H,107,129)(H,119,120)(H,135,136)(H4,90,91,92)/t45-,46+,49-,50-,51-,52-,53-,54-,55-,56-,57-,58-,59-,67-,68-,69-/m0/s1. The van der Waals surface area contributed by atoms with Crippen LogP contribution in [0.2, 0.25) is 0 Å². The predicted octanol–water partition coefficient (Wildman–Crippen LogP) is -9.57. The minimum Gasteiger partial charge on any atom is -0.508 e. The van der Waals surface area contributed by atoms with Crippen molar-refractivity contribution in [2.24, 2.45) is 57.1 Å². The molecule has 4 rings (SSSR count). The molecule has 0 aliphatic carbocycles. The number of carbonyl (C=O) groups excluding carboxylic acids is 20. The van der Waals surface area contributed by atoms with Crippen LogP contribution in [0.4, 0.5) is 0 Å². The average molecular weight is 1960 g/mol. The fourth-order valence-electron chi connectivity index (χ4n) is 15.1. The van der Waals surface area contributed by atoms with Crippen molar-refractivity contribution in [3.8, 4) is 5.75 Å². The van der Waals surface area contributed by atoms with Crippen LogP contribution >= 0.6 is 11.8 Å². The molecule has 3 saturated heterocycles. The van der Waals surface area contributed by atoms with Crippen molar-refractivity contribution in [3.05, 3.63) is 29.8 Å². The Hall–Kier alpha value is -13.1. The molecule has 16 atom stereocenters. The van der Waals surface area contributed by atoms with E-state index in [0.717, 1.165) is 6.92 Å². The number of phenolic OH excluding ortho intramolecular Hbond substituents is 1. The molecule has 3 heterocycles. The summed E-state index contributed by atoms with van der Waals surface area (Å²) in [5.41, 5.74) is 33.5. The first-order valence-electron chi connectivity index (χ1n) is 45.3. The summed E-state index contributed by atoms with van der Waals surface area (Å²) in [5, 5.41) is 77.1. The number of likely N-dealkylation sites (tertiary alicyclic amines) is 3. The first-order chi connectivity index (χ1) is 64.5. The van der Waals surface area contributed by atoms with Crippen molar-refractivity contribution >= 4 is 148 Å². The number of nitrogens with two attached hydrogens (primary N) is 6. The molecule has 1 aromatic carbocycles. The lowest BCUT2D eigenvalue weighted by molar-refractivity contribution is -0.144. The van der Waals surface area contributed by atoms with Gasteiger partial charge < -0.3 is 149 Å². The van der Waals surface area contributed by atoms with Gasteiger partial charge in [-0.15, -0.1) is 0 Å². The van der Waals surface area contributed by atoms with E-state index >= 15 is 4.79 Å². The number of aliphatic hydroxyl groups excluding tert-OH is 1. The molecule has 0 aromatic heterocycles. The number of aliphatic carboxylic acids is 2. The highest BCUT2D eigenvalue weighted by atomic mass is 32.2. The van der Waals surface area contributed by atoms with Crippen LogP contribution in [-0.4, -0.2) is 339 Å². The number of amides is 20. The molecule has 3 fully saturated rings. The van der Waals surface area contributed by atoms with Gasteiger partial charge in [0, 0.05) is 39.0 Å². The number of carboxylic acids is 2. The number of hydrogen-bond acceptors (Lipinski definition) is 28. The maximum Gasteiger partial charge on any atom is 0.326 e. The highest BCUT2D eigenvalue weighted by molar-refractivity contribution is 7.98. The number of phenols is 1. The molecular formula is C85H137N25O26S. The summed E-state index contributed by atoms with van der Waals surface area (Å²) in [7, 11) is 0. The number of thioether (sulfide) groups is 1. The Bertz CT molecular complexity index is 4440. The molecule has 0 unspecified atom stereocenters. The lowest BCUT2D eigenvalue weighted by Gasteiger charge is -2.32. The van der Waals surface area contributed by atoms with Gasteiger partial charge >= 0.3 is 11.9 Å². The van der Waals surface area contributed by atoms with E-state index in [1.165, 1.54) is 71.5 Å². The summed E-state index contributed by atoms with van der Waals surface area (Å²) < 4.78 is 0. The second kappa shape index (κ2) is 58.3. The van der Waals surface area contributed by atoms with E-state index in [4.69, 9.17) is 34.4 Å². The summed E-state index contributed by atoms with van der Waals surface area (Å²) in [6.45, 7) is 9.44. The normalized spacial score (nSPS) is 17.3. The number of nitrogens with one attached hydrogen (secondary N) is 15. The Balaban J connectivity index is 1.46. The van der Waals surface area contributed by atoms with Gasteiger partial charge in [0.15, 0.2) is 5.96 Å². The van der Waals surface area contributed by atoms with Crippen LogP contribution in [0.25, 0.3) is 0 Å². The summed E-state index contributed by atoms with van der Waals surface area (Å²) in [4.78, 5) is 305. The van der Waals surface area contributed by atoms with Crippen molar-refractivity contribution in [3.63, 3.8) is 0 Å². The average Bonchev–Trinajstić information content (AvgIpc) is 1.68. The van der Waals surface area contributed by atoms with E-state index in [9.17, 15) is 121 Å². The molecule has 51 nitrogen and oxygen atoms in total. The lowest BCUT2D eigenvalue weighted by Crippen LogP contribution is -2.62. The Morgan fingerprint density at radius 3 is 1.39 bits per heavy atom. The minimum absolute atomic E-state index is 0.0281. The monoisotopic (exact) mass is 1960 g/mol. The molecule has 764 valence electrons. The second-order valence-electron chi connectivity index (χ2n) is 34.8. The number of carboxylic acid groups (broad SMARTS) is 2. The number of nitrogens with zero attached hydrogens (tertiary/aromatic N) is 4. The SMILES string of the molecule is CSCC[C@H](NC(=O)[C@H](CCCCN)NC(=O)[C@H](CC(=O)O)NC(=O)[C@H](CC(C)C)NC(=O)[C@@H](NC(=O)[C@@H](NC(=O)CNC(=O)[C@H](CCC(N)=O)NC(=O)CNC(=O)CNC(=O)[C@@H]1CCCN1C(=O)[C@@H](NC(=O)[C@@H]1CCCN1C(=O)[C@H](C)N)C(C)C)[C@@H](C)O)C(C)C)C(=O)N[C@@H](Cc1ccc(O)cc1)C(=O)N1CCC[C@H]1C(=O)N[C@@H](CCCN=C(N)N)C(=O)NCC(=O)N[C@@H](CC(N)=O)C(=O)O. The van der Waals surface area contributed by atoms with Crippen LogP contribution in [0.5, 0.6) is 5.75 Å². The van der Waals surface area contributed by atoms with Gasteiger partial charge in [-0.1, -0.05) is 53.7 Å². The lowest BCUT2D eigenvalue weighted by atomic mass is 9.99. The summed E-state index contributed by atoms with van der Waals surface area (Å²) in [5.74, 6) is -23.7. The third-order valence-electron chi connectivity index (χ3n) is 22.3. The third-order valence-corrected chi connectivity index (χ3v) is 22.9. The first kappa shape index (κ1) is 116. The van der Waals surface area contributed by atoms with E-state index in [-0.39, 0.29) is 114 Å². The Labute approximate surface area is 796 Å². The van der Waals surface area contributed by atoms with E-state index in [2.05, 4.69) is 84.7 Å². The molecule has 0 radical (unpaired) electrons. The molecule has 137 heavy (non-hydrogen) atoms. The van der Waals surface area contributed by atoms with Crippen LogP contribution in [0, 0.1) is 17.8 Å². The molecule has 3 aliphatic heterocycles. The number of guanidine groups is 1. The van der Waals surface area contributed by atoms with Gasteiger partial charge in [0.2, 0.25) is 118 Å². The molecule has 3 aliphatic rings. The third kappa shape index (κ3) is 40.0. The van der Waals surface area contributed by atoms with Crippen molar-refractivity contribution < 1.29 is 126 Å². The van der Waals surface area contributed by atoms with E-state index in [0.29, 0.717) is 31.4 Å². The van der Waals surface area contributed by atoms with Crippen LogP contribution in [-0.2, 0) is 112 Å². The summed E-state index contributed by atoms with van der Waals surface area (Å²) in [6.07, 6.45) is -1.53. The number of benzene rings is 1. The molecule has 0 bridgehead atoms. The molecule has 20 amide bonds. The van der Waals surface area contributed by atoms with Gasteiger partial charge in [0.25, 0.3) is 0 Å². The van der Waals surface area contributed by atoms with Crippen molar-refractivity contribution in [1.29, 1.82) is 0 Å². The minimum atomic E-state index is -2.00. The van der Waals surface area contributed by atoms with Crippen LogP contribution < -0.4 is 114 Å². The maximum absolute atomic E-state index is 15.0. The molecule has 31 N–H and O–H groups in total. The zero-order chi connectivity index (χ0) is 103. The molecule has 0 saturated carbocycles. The maximum atomic E-state index is 15.0. The number of primary amides is 2. The summed E-state index contributed by atoms with van der Waals surface area (Å²) in [6, 6.07) is -16.0. The number of carbonyl (C=O) groups is 22. The van der Waals surface area contributed by atoms with Gasteiger partial charge in [-0.2, -0.15) is 11.8 Å². The zero-order valence-corrected chi connectivity index (χ0v) is 79.3. The van der Waals surface area contributed by atoms with Gasteiger partial charge in [-0.25, -0.2) is 4.79 Å². The Kier molecular flexibility index (Phi) is 49.5. The molecule has 1 aromatic rings. The highest BCUT2D eigenvalue weighted by Crippen LogP contribution is 2.26. The Morgan fingerprint density at radius 1 is 0.438 bits per heavy atom. The van der Waals surface area contributed by atoms with Gasteiger partial charge in [-0.05, 0) is 158 Å². The Morgan fingerprint density at radius 2 is 0.891 bits per heavy atom. The number of aromatic hydroxyl groups is 1. The van der Waals surface area contributed by atoms with Gasteiger partial charge in [-0.3, -0.25) is 106 Å². The number of unbranched alkanes of at least 4 members (excludes halogenated alkanes) is 1. The van der Waals surface area contributed by atoms with Gasteiger partial charge in [0.1, 0.15) is 90.3 Å². The quantitative estimate of drug-likeness (QED) is 0.0164. The number of rotatable bonds is 59. The van der Waals surface area contributed by atoms with Crippen molar-refractivity contribution in [2.75, 3.05) is 70.9 Å². The van der Waals surface area contributed by atoms with Crippen molar-refractivity contribution in [2.45, 2.75) is 268 Å². The molecule has 52 heteroatoms. The number of aliphatic imine (C=N–C) groups is 1.